The van der Waals surface area contributed by atoms with Gasteiger partial charge in [-0.15, -0.1) is 0 Å². The second-order valence-corrected chi connectivity index (χ2v) is 7.12. The van der Waals surface area contributed by atoms with Crippen molar-refractivity contribution in [3.8, 4) is 0 Å². The second-order valence-electron chi connectivity index (χ2n) is 7.12. The van der Waals surface area contributed by atoms with Gasteiger partial charge in [-0.3, -0.25) is 9.89 Å². The Labute approximate surface area is 167 Å². The Balaban J connectivity index is 1.77. The molecule has 0 aliphatic carbocycles. The van der Waals surface area contributed by atoms with E-state index in [1.165, 1.54) is 11.1 Å². The third-order valence-corrected chi connectivity index (χ3v) is 5.26. The molecule has 6 nitrogen and oxygen atoms in total. The van der Waals surface area contributed by atoms with Crippen LogP contribution >= 0.6 is 0 Å². The number of ether oxygens (including phenoxy) is 1. The fourth-order valence-corrected chi connectivity index (χ4v) is 3.66. The summed E-state index contributed by atoms with van der Waals surface area (Å²) in [7, 11) is 0. The quantitative estimate of drug-likeness (QED) is 0.564. The van der Waals surface area contributed by atoms with Gasteiger partial charge >= 0.3 is 0 Å². The van der Waals surface area contributed by atoms with Gasteiger partial charge in [0.25, 0.3) is 0 Å². The van der Waals surface area contributed by atoms with Gasteiger partial charge in [-0.25, -0.2) is 0 Å². The number of aliphatic imine (C=N–C) groups is 1. The summed E-state index contributed by atoms with van der Waals surface area (Å²) in [4.78, 5) is 7.03. The highest BCUT2D eigenvalue weighted by atomic mass is 16.5. The van der Waals surface area contributed by atoms with E-state index in [0.717, 1.165) is 56.4 Å². The van der Waals surface area contributed by atoms with Crippen LogP contribution in [0.3, 0.4) is 0 Å². The number of hydrogen-bond donors (Lipinski definition) is 2. The predicted molar refractivity (Wildman–Crippen MR) is 114 cm³/mol. The average Bonchev–Trinajstić information content (AvgIpc) is 3.15. The monoisotopic (exact) mass is 384 g/mol. The van der Waals surface area contributed by atoms with Gasteiger partial charge < -0.3 is 20.2 Å². The average molecular weight is 385 g/mol. The van der Waals surface area contributed by atoms with E-state index >= 15 is 0 Å². The van der Waals surface area contributed by atoms with Gasteiger partial charge in [0.2, 0.25) is 0 Å². The van der Waals surface area contributed by atoms with Crippen molar-refractivity contribution in [2.45, 2.75) is 39.7 Å². The zero-order chi connectivity index (χ0) is 19.9. The maximum atomic E-state index is 6.28. The summed E-state index contributed by atoms with van der Waals surface area (Å²) in [6.07, 6.45) is 1.90. The van der Waals surface area contributed by atoms with E-state index in [2.05, 4.69) is 47.3 Å². The highest BCUT2D eigenvalue weighted by Crippen LogP contribution is 2.25. The molecule has 3 rings (SSSR count). The van der Waals surface area contributed by atoms with Gasteiger partial charge in [-0.1, -0.05) is 32.0 Å². The second kappa shape index (κ2) is 9.75. The smallest absolute Gasteiger partial charge is 0.193 e. The standard InChI is InChI=1S/C22H32N4O2/c1-4-17-7-6-8-18(5-2)21(17)25-22(23)24-15-19(20-10-9-16(3)28-20)26-11-13-27-14-12-26/h6-10,19H,4-5,11-15H2,1-3H3,(H3,23,24,25). The summed E-state index contributed by atoms with van der Waals surface area (Å²) in [6.45, 7) is 10.0. The van der Waals surface area contributed by atoms with E-state index in [1.54, 1.807) is 0 Å². The van der Waals surface area contributed by atoms with Crippen LogP contribution < -0.4 is 11.1 Å². The number of nitrogens with two attached hydrogens (primary N) is 1. The maximum absolute atomic E-state index is 6.28. The molecule has 1 aliphatic heterocycles. The first-order chi connectivity index (χ1) is 13.6. The summed E-state index contributed by atoms with van der Waals surface area (Å²) >= 11 is 0. The molecule has 0 radical (unpaired) electrons. The van der Waals surface area contributed by atoms with E-state index in [4.69, 9.17) is 14.9 Å². The van der Waals surface area contributed by atoms with Crippen LogP contribution in [0.2, 0.25) is 0 Å². The molecule has 1 aromatic heterocycles. The van der Waals surface area contributed by atoms with Crippen molar-refractivity contribution in [3.05, 3.63) is 53.0 Å². The number of morpholine rings is 1. The molecule has 1 aromatic carbocycles. The van der Waals surface area contributed by atoms with Crippen molar-refractivity contribution in [2.24, 2.45) is 10.7 Å². The summed E-state index contributed by atoms with van der Waals surface area (Å²) in [6, 6.07) is 10.5. The number of hydrogen-bond acceptors (Lipinski definition) is 4. The lowest BCUT2D eigenvalue weighted by Gasteiger charge is -2.32. The molecule has 1 fully saturated rings. The number of furan rings is 1. The van der Waals surface area contributed by atoms with E-state index in [1.807, 2.05) is 19.1 Å². The molecule has 0 amide bonds. The number of anilines is 1. The van der Waals surface area contributed by atoms with Crippen LogP contribution in [-0.2, 0) is 17.6 Å². The summed E-state index contributed by atoms with van der Waals surface area (Å²) in [5.74, 6) is 2.28. The van der Waals surface area contributed by atoms with Crippen molar-refractivity contribution in [3.63, 3.8) is 0 Å². The largest absolute Gasteiger partial charge is 0.465 e. The van der Waals surface area contributed by atoms with E-state index < -0.39 is 0 Å². The van der Waals surface area contributed by atoms with Crippen LogP contribution in [-0.4, -0.2) is 43.7 Å². The number of nitrogens with zero attached hydrogens (tertiary/aromatic N) is 2. The lowest BCUT2D eigenvalue weighted by Crippen LogP contribution is -2.40. The van der Waals surface area contributed by atoms with Crippen LogP contribution in [0, 0.1) is 6.92 Å². The summed E-state index contributed by atoms with van der Waals surface area (Å²) in [5.41, 5.74) is 9.87. The Kier molecular flexibility index (Phi) is 7.12. The molecule has 28 heavy (non-hydrogen) atoms. The Hall–Kier alpha value is -2.31. The van der Waals surface area contributed by atoms with Crippen molar-refractivity contribution in [2.75, 3.05) is 38.2 Å². The number of rotatable bonds is 7. The number of nitrogens with one attached hydrogen (secondary N) is 1. The number of para-hydroxylation sites is 1. The first-order valence-electron chi connectivity index (χ1n) is 10.2. The minimum Gasteiger partial charge on any atom is -0.465 e. The molecule has 0 saturated carbocycles. The van der Waals surface area contributed by atoms with Crippen molar-refractivity contribution in [1.82, 2.24) is 4.90 Å². The third kappa shape index (κ3) is 4.94. The molecule has 0 bridgehead atoms. The topological polar surface area (TPSA) is 76.0 Å². The Bertz CT molecular complexity index is 771. The minimum atomic E-state index is 0.0602. The third-order valence-electron chi connectivity index (χ3n) is 5.26. The highest BCUT2D eigenvalue weighted by molar-refractivity contribution is 5.93. The van der Waals surface area contributed by atoms with Gasteiger partial charge in [0, 0.05) is 18.8 Å². The Morgan fingerprint density at radius 3 is 2.39 bits per heavy atom. The lowest BCUT2D eigenvalue weighted by molar-refractivity contribution is 0.0135. The molecule has 1 atom stereocenters. The van der Waals surface area contributed by atoms with Crippen LogP contribution in [0.5, 0.6) is 0 Å². The Morgan fingerprint density at radius 1 is 1.14 bits per heavy atom. The highest BCUT2D eigenvalue weighted by Gasteiger charge is 2.25. The molecular weight excluding hydrogens is 352 g/mol. The van der Waals surface area contributed by atoms with Gasteiger partial charge in [0.1, 0.15) is 11.5 Å². The van der Waals surface area contributed by atoms with Gasteiger partial charge in [-0.05, 0) is 43.0 Å². The summed E-state index contributed by atoms with van der Waals surface area (Å²) in [5, 5.41) is 3.35. The predicted octanol–water partition coefficient (Wildman–Crippen LogP) is 3.51. The van der Waals surface area contributed by atoms with Gasteiger partial charge in [0.15, 0.2) is 5.96 Å². The molecule has 2 heterocycles. The molecular formula is C22H32N4O2. The van der Waals surface area contributed by atoms with Crippen LogP contribution in [0.1, 0.15) is 42.5 Å². The number of guanidine groups is 1. The molecule has 6 heteroatoms. The summed E-state index contributed by atoms with van der Waals surface area (Å²) < 4.78 is 11.4. The minimum absolute atomic E-state index is 0.0602. The number of aryl methyl sites for hydroxylation is 3. The van der Waals surface area contributed by atoms with E-state index in [9.17, 15) is 0 Å². The van der Waals surface area contributed by atoms with Gasteiger partial charge in [-0.2, -0.15) is 0 Å². The van der Waals surface area contributed by atoms with Crippen molar-refractivity contribution < 1.29 is 9.15 Å². The SMILES string of the molecule is CCc1cccc(CC)c1NC(N)=NCC(c1ccc(C)o1)N1CCOCC1. The lowest BCUT2D eigenvalue weighted by atomic mass is 10.0. The number of benzene rings is 1. The van der Waals surface area contributed by atoms with Gasteiger partial charge in [0.05, 0.1) is 25.8 Å². The molecule has 1 aliphatic rings. The zero-order valence-corrected chi connectivity index (χ0v) is 17.2. The Morgan fingerprint density at radius 2 is 1.82 bits per heavy atom. The molecule has 2 aromatic rings. The molecule has 152 valence electrons. The maximum Gasteiger partial charge on any atom is 0.193 e. The molecule has 3 N–H and O–H groups in total. The van der Waals surface area contributed by atoms with Crippen LogP contribution in [0.25, 0.3) is 0 Å². The zero-order valence-electron chi connectivity index (χ0n) is 17.2. The van der Waals surface area contributed by atoms with Crippen LogP contribution in [0.15, 0.2) is 39.7 Å². The fourth-order valence-electron chi connectivity index (χ4n) is 3.66. The van der Waals surface area contributed by atoms with E-state index in [0.29, 0.717) is 12.5 Å². The first kappa shape index (κ1) is 20.4. The van der Waals surface area contributed by atoms with Crippen LogP contribution in [0.4, 0.5) is 5.69 Å². The first-order valence-corrected chi connectivity index (χ1v) is 10.2. The fraction of sp³-hybridized carbons (Fsp3) is 0.500. The molecule has 1 unspecified atom stereocenters. The normalized spacial score (nSPS) is 16.9. The molecule has 1 saturated heterocycles. The molecule has 0 spiro atoms. The van der Waals surface area contributed by atoms with Crippen molar-refractivity contribution >= 4 is 11.6 Å². The van der Waals surface area contributed by atoms with E-state index in [-0.39, 0.29) is 6.04 Å². The van der Waals surface area contributed by atoms with Crippen molar-refractivity contribution in [1.29, 1.82) is 0 Å².